The van der Waals surface area contributed by atoms with Gasteiger partial charge in [-0.2, -0.15) is 0 Å². The Morgan fingerprint density at radius 2 is 1.80 bits per heavy atom. The maximum Gasteiger partial charge on any atom is 0.223 e. The minimum absolute atomic E-state index is 0.0184. The summed E-state index contributed by atoms with van der Waals surface area (Å²) in [5.74, 6) is -0.0981. The fourth-order valence-electron chi connectivity index (χ4n) is 2.63. The fourth-order valence-corrected chi connectivity index (χ4v) is 2.80. The largest absolute Gasteiger partial charge is 0.354 e. The standard InChI is InChI=1S/C20H23ClN2O2/c1-15-18(21)9-6-10-19(15)23(16(2)24)14-13-22-20(25)12-11-17-7-4-3-5-8-17/h3-10H,11-14H2,1-2H3,(H,22,25). The minimum atomic E-state index is -0.0797. The zero-order valence-electron chi connectivity index (χ0n) is 14.6. The number of benzene rings is 2. The van der Waals surface area contributed by atoms with Crippen LogP contribution >= 0.6 is 11.6 Å². The Morgan fingerprint density at radius 3 is 2.48 bits per heavy atom. The van der Waals surface area contributed by atoms with E-state index in [1.807, 2.05) is 49.4 Å². The van der Waals surface area contributed by atoms with Crippen molar-refractivity contribution in [1.29, 1.82) is 0 Å². The minimum Gasteiger partial charge on any atom is -0.354 e. The molecule has 2 amide bonds. The molecule has 0 unspecified atom stereocenters. The van der Waals surface area contributed by atoms with Crippen molar-refractivity contribution < 1.29 is 9.59 Å². The van der Waals surface area contributed by atoms with Gasteiger partial charge in [0.05, 0.1) is 0 Å². The number of aryl methyl sites for hydroxylation is 1. The second-order valence-corrected chi connectivity index (χ2v) is 6.30. The topological polar surface area (TPSA) is 49.4 Å². The monoisotopic (exact) mass is 358 g/mol. The Hall–Kier alpha value is -2.33. The number of hydrogen-bond donors (Lipinski definition) is 1. The summed E-state index contributed by atoms with van der Waals surface area (Å²) in [5, 5.41) is 3.50. The number of halogens is 1. The van der Waals surface area contributed by atoms with E-state index in [0.29, 0.717) is 31.0 Å². The highest BCUT2D eigenvalue weighted by Gasteiger charge is 2.15. The zero-order chi connectivity index (χ0) is 18.2. The molecule has 0 aliphatic rings. The Bertz CT molecular complexity index is 732. The number of anilines is 1. The van der Waals surface area contributed by atoms with Gasteiger partial charge in [0.25, 0.3) is 0 Å². The third-order valence-electron chi connectivity index (χ3n) is 4.05. The molecule has 2 aromatic carbocycles. The molecule has 2 aromatic rings. The first kappa shape index (κ1) is 19.0. The second kappa shape index (κ2) is 9.23. The molecule has 2 rings (SSSR count). The second-order valence-electron chi connectivity index (χ2n) is 5.89. The van der Waals surface area contributed by atoms with Crippen molar-refractivity contribution in [2.75, 3.05) is 18.0 Å². The van der Waals surface area contributed by atoms with Crippen molar-refractivity contribution in [2.24, 2.45) is 0 Å². The van der Waals surface area contributed by atoms with E-state index in [0.717, 1.165) is 16.8 Å². The summed E-state index contributed by atoms with van der Waals surface area (Å²) in [6.07, 6.45) is 1.14. The number of carbonyl (C=O) groups excluding carboxylic acids is 2. The molecule has 0 atom stereocenters. The maximum absolute atomic E-state index is 12.0. The molecule has 5 heteroatoms. The van der Waals surface area contributed by atoms with Crippen LogP contribution < -0.4 is 10.2 Å². The third-order valence-corrected chi connectivity index (χ3v) is 4.46. The quantitative estimate of drug-likeness (QED) is 0.819. The van der Waals surface area contributed by atoms with Gasteiger partial charge in [-0.05, 0) is 36.6 Å². The van der Waals surface area contributed by atoms with Crippen LogP contribution in [0.4, 0.5) is 5.69 Å². The van der Waals surface area contributed by atoms with Gasteiger partial charge in [-0.15, -0.1) is 0 Å². The van der Waals surface area contributed by atoms with E-state index in [2.05, 4.69) is 5.32 Å². The van der Waals surface area contributed by atoms with E-state index >= 15 is 0 Å². The van der Waals surface area contributed by atoms with E-state index in [9.17, 15) is 9.59 Å². The fraction of sp³-hybridized carbons (Fsp3) is 0.300. The summed E-state index contributed by atoms with van der Waals surface area (Å²) in [7, 11) is 0. The lowest BCUT2D eigenvalue weighted by atomic mass is 10.1. The summed E-state index contributed by atoms with van der Waals surface area (Å²) in [6.45, 7) is 4.20. The van der Waals surface area contributed by atoms with Gasteiger partial charge < -0.3 is 10.2 Å². The Morgan fingerprint density at radius 1 is 1.08 bits per heavy atom. The predicted octanol–water partition coefficient (Wildman–Crippen LogP) is 3.75. The van der Waals surface area contributed by atoms with Crippen LogP contribution in [-0.4, -0.2) is 24.9 Å². The van der Waals surface area contributed by atoms with Crippen molar-refractivity contribution in [3.63, 3.8) is 0 Å². The van der Waals surface area contributed by atoms with Crippen molar-refractivity contribution in [3.05, 3.63) is 64.7 Å². The van der Waals surface area contributed by atoms with Gasteiger partial charge >= 0.3 is 0 Å². The number of nitrogens with one attached hydrogen (secondary N) is 1. The van der Waals surface area contributed by atoms with E-state index in [-0.39, 0.29) is 11.8 Å². The van der Waals surface area contributed by atoms with Crippen LogP contribution in [0.5, 0.6) is 0 Å². The molecular formula is C20H23ClN2O2. The van der Waals surface area contributed by atoms with Crippen molar-refractivity contribution in [2.45, 2.75) is 26.7 Å². The van der Waals surface area contributed by atoms with E-state index in [4.69, 9.17) is 11.6 Å². The normalized spacial score (nSPS) is 10.4. The highest BCUT2D eigenvalue weighted by molar-refractivity contribution is 6.31. The maximum atomic E-state index is 12.0. The molecule has 0 aliphatic heterocycles. The average Bonchev–Trinajstić information content (AvgIpc) is 2.60. The van der Waals surface area contributed by atoms with Gasteiger partial charge in [-0.3, -0.25) is 9.59 Å². The van der Waals surface area contributed by atoms with Crippen LogP contribution in [0, 0.1) is 6.92 Å². The number of hydrogen-bond acceptors (Lipinski definition) is 2. The Labute approximate surface area is 153 Å². The zero-order valence-corrected chi connectivity index (χ0v) is 15.3. The lowest BCUT2D eigenvalue weighted by molar-refractivity contribution is -0.121. The summed E-state index contributed by atoms with van der Waals surface area (Å²) < 4.78 is 0. The van der Waals surface area contributed by atoms with Crippen LogP contribution in [-0.2, 0) is 16.0 Å². The van der Waals surface area contributed by atoms with Gasteiger partial charge in [-0.1, -0.05) is 48.0 Å². The lowest BCUT2D eigenvalue weighted by Gasteiger charge is -2.23. The van der Waals surface area contributed by atoms with E-state index < -0.39 is 0 Å². The number of amides is 2. The Balaban J connectivity index is 1.86. The summed E-state index contributed by atoms with van der Waals surface area (Å²) in [5.41, 5.74) is 2.77. The molecule has 0 radical (unpaired) electrons. The molecule has 0 saturated carbocycles. The summed E-state index contributed by atoms with van der Waals surface area (Å²) in [4.78, 5) is 25.6. The number of carbonyl (C=O) groups is 2. The molecule has 0 spiro atoms. The number of nitrogens with zero attached hydrogens (tertiary/aromatic N) is 1. The van der Waals surface area contributed by atoms with E-state index in [1.165, 1.54) is 6.92 Å². The first-order valence-corrected chi connectivity index (χ1v) is 8.70. The Kier molecular flexibility index (Phi) is 7.02. The van der Waals surface area contributed by atoms with Crippen LogP contribution in [0.25, 0.3) is 0 Å². The van der Waals surface area contributed by atoms with Crippen LogP contribution in [0.2, 0.25) is 5.02 Å². The molecule has 25 heavy (non-hydrogen) atoms. The first-order valence-electron chi connectivity index (χ1n) is 8.33. The lowest BCUT2D eigenvalue weighted by Crippen LogP contribution is -2.38. The first-order chi connectivity index (χ1) is 12.0. The van der Waals surface area contributed by atoms with Crippen LogP contribution in [0.15, 0.2) is 48.5 Å². The SMILES string of the molecule is CC(=O)N(CCNC(=O)CCc1ccccc1)c1cccc(Cl)c1C. The van der Waals surface area contributed by atoms with Crippen molar-refractivity contribution >= 4 is 29.1 Å². The smallest absolute Gasteiger partial charge is 0.223 e. The summed E-state index contributed by atoms with van der Waals surface area (Å²) >= 11 is 6.14. The van der Waals surface area contributed by atoms with E-state index in [1.54, 1.807) is 11.0 Å². The highest BCUT2D eigenvalue weighted by Crippen LogP contribution is 2.26. The molecule has 4 nitrogen and oxygen atoms in total. The molecule has 0 saturated heterocycles. The molecule has 1 N–H and O–H groups in total. The highest BCUT2D eigenvalue weighted by atomic mass is 35.5. The molecule has 0 bridgehead atoms. The van der Waals surface area contributed by atoms with Gasteiger partial charge in [0.2, 0.25) is 11.8 Å². The molecule has 0 fully saturated rings. The van der Waals surface area contributed by atoms with Crippen LogP contribution in [0.1, 0.15) is 24.5 Å². The van der Waals surface area contributed by atoms with Crippen LogP contribution in [0.3, 0.4) is 0 Å². The molecule has 0 heterocycles. The van der Waals surface area contributed by atoms with Gasteiger partial charge in [0, 0.05) is 37.1 Å². The van der Waals surface area contributed by atoms with Gasteiger partial charge in [-0.25, -0.2) is 0 Å². The summed E-state index contributed by atoms with van der Waals surface area (Å²) in [6, 6.07) is 15.4. The van der Waals surface area contributed by atoms with Crippen molar-refractivity contribution in [1.82, 2.24) is 5.32 Å². The predicted molar refractivity (Wildman–Crippen MR) is 102 cm³/mol. The number of rotatable bonds is 7. The van der Waals surface area contributed by atoms with Gasteiger partial charge in [0.1, 0.15) is 0 Å². The molecule has 132 valence electrons. The van der Waals surface area contributed by atoms with Gasteiger partial charge in [0.15, 0.2) is 0 Å². The van der Waals surface area contributed by atoms with Crippen molar-refractivity contribution in [3.8, 4) is 0 Å². The molecule has 0 aliphatic carbocycles. The third kappa shape index (κ3) is 5.61. The molecular weight excluding hydrogens is 336 g/mol. The molecule has 0 aromatic heterocycles. The average molecular weight is 359 g/mol.